The summed E-state index contributed by atoms with van der Waals surface area (Å²) in [4.78, 5) is 4.59. The fraction of sp³-hybridized carbons (Fsp3) is 0. The third-order valence-electron chi connectivity index (χ3n) is 13.9. The molecule has 0 N–H and O–H groups in total. The molecule has 14 rings (SSSR count). The lowest BCUT2D eigenvalue weighted by atomic mass is 9.33. The van der Waals surface area contributed by atoms with Gasteiger partial charge in [-0.25, -0.2) is 0 Å². The van der Waals surface area contributed by atoms with Gasteiger partial charge in [0.1, 0.15) is 5.58 Å². The van der Waals surface area contributed by atoms with E-state index in [4.69, 9.17) is 11.3 Å². The SMILES string of the molecule is [2H]c1c([2H])c([2H])c(-c2ccc3c(c2)B2c4ccc5c(oc6c([2H])c([2H])c([2H])c([2H])c65)c4N(c4ccccc4-c4ccccc4)c4cc(-c5ccccc5)cc(c42)N3c2c(-c3ccccc3)cccc2-c2ccccc2)c([2H])c1[2H]. The van der Waals surface area contributed by atoms with Crippen molar-refractivity contribution >= 4 is 79.2 Å². The molecular formula is C66H43BN2O. The molecule has 0 atom stereocenters. The Balaban J connectivity index is 1.19. The lowest BCUT2D eigenvalue weighted by Gasteiger charge is -2.45. The number of para-hydroxylation sites is 3. The summed E-state index contributed by atoms with van der Waals surface area (Å²) >= 11 is 0. The van der Waals surface area contributed by atoms with Crippen molar-refractivity contribution in [1.29, 1.82) is 0 Å². The molecule has 1 aromatic heterocycles. The van der Waals surface area contributed by atoms with Gasteiger partial charge in [0.25, 0.3) is 6.71 Å². The van der Waals surface area contributed by atoms with Crippen LogP contribution >= 0.6 is 0 Å². The standard InChI is InChI=1S/C66H43BN2O/c1-6-21-44(22-7-1)49-37-40-59-57(41-49)67-56-39-38-55-54-32-17-19-36-62(54)70-66(55)65(56)68(58-35-18-16-31-51(58)46-25-10-3-11-26-46)60-42-50(45-23-8-2-9-24-45)43-61(63(60)67)69(59)64-52(47-27-12-4-13-28-47)33-20-34-53(64)48-29-14-5-15-30-48/h1-43H/i1D,6D,7D,17D,19D,21D,22D,32D,36D. The van der Waals surface area contributed by atoms with Gasteiger partial charge in [0.15, 0.2) is 5.58 Å². The minimum atomic E-state index is -0.619. The molecular weight excluding hydrogens is 848 g/mol. The molecule has 11 aromatic carbocycles. The van der Waals surface area contributed by atoms with E-state index in [1.54, 1.807) is 0 Å². The molecule has 70 heavy (non-hydrogen) atoms. The molecule has 0 unspecified atom stereocenters. The lowest BCUT2D eigenvalue weighted by Crippen LogP contribution is -2.61. The van der Waals surface area contributed by atoms with Gasteiger partial charge < -0.3 is 14.2 Å². The second kappa shape index (κ2) is 16.3. The molecule has 2 aliphatic heterocycles. The van der Waals surface area contributed by atoms with Crippen molar-refractivity contribution < 1.29 is 16.8 Å². The van der Waals surface area contributed by atoms with E-state index < -0.39 is 30.9 Å². The van der Waals surface area contributed by atoms with Gasteiger partial charge in [-0.2, -0.15) is 0 Å². The van der Waals surface area contributed by atoms with Gasteiger partial charge in [0, 0.05) is 44.5 Å². The number of nitrogens with zero attached hydrogens (tertiary/aromatic N) is 2. The zero-order chi connectivity index (χ0) is 54.0. The van der Waals surface area contributed by atoms with E-state index in [1.165, 1.54) is 0 Å². The maximum atomic E-state index is 9.28. The summed E-state index contributed by atoms with van der Waals surface area (Å²) in [6.07, 6.45) is 0. The third kappa shape index (κ3) is 6.31. The Labute approximate surface area is 420 Å². The first kappa shape index (κ1) is 31.8. The second-order valence-corrected chi connectivity index (χ2v) is 17.7. The highest BCUT2D eigenvalue weighted by atomic mass is 16.3. The van der Waals surface area contributed by atoms with Crippen LogP contribution in [-0.2, 0) is 0 Å². The van der Waals surface area contributed by atoms with Crippen LogP contribution in [0, 0.1) is 0 Å². The van der Waals surface area contributed by atoms with E-state index >= 15 is 0 Å². The van der Waals surface area contributed by atoms with Crippen LogP contribution in [0.3, 0.4) is 0 Å². The Morgan fingerprint density at radius 2 is 0.900 bits per heavy atom. The van der Waals surface area contributed by atoms with Crippen LogP contribution in [0.25, 0.3) is 77.6 Å². The molecule has 0 fully saturated rings. The van der Waals surface area contributed by atoms with Gasteiger partial charge in [-0.15, -0.1) is 0 Å². The Morgan fingerprint density at radius 1 is 0.343 bits per heavy atom. The molecule has 0 radical (unpaired) electrons. The van der Waals surface area contributed by atoms with Crippen LogP contribution in [0.15, 0.2) is 265 Å². The number of hydrogen-bond donors (Lipinski definition) is 0. The first-order chi connectivity index (χ1) is 38.5. The number of anilines is 6. The molecule has 0 bridgehead atoms. The van der Waals surface area contributed by atoms with E-state index in [1.807, 2.05) is 115 Å². The maximum Gasteiger partial charge on any atom is 0.252 e. The fourth-order valence-electron chi connectivity index (χ4n) is 10.9. The van der Waals surface area contributed by atoms with Gasteiger partial charge >= 0.3 is 0 Å². The number of fused-ring (bicyclic) bond motifs is 8. The number of furan rings is 1. The van der Waals surface area contributed by atoms with E-state index in [0.717, 1.165) is 89.3 Å². The summed E-state index contributed by atoms with van der Waals surface area (Å²) in [5, 5.41) is 0.787. The average Bonchev–Trinajstić information content (AvgIpc) is 4.06. The highest BCUT2D eigenvalue weighted by molar-refractivity contribution is 7.00. The molecule has 0 spiro atoms. The summed E-state index contributed by atoms with van der Waals surface area (Å²) in [7, 11) is 0. The quantitative estimate of drug-likeness (QED) is 0.149. The summed E-state index contributed by atoms with van der Waals surface area (Å²) in [6.45, 7) is -0.619. The minimum absolute atomic E-state index is 0.0415. The molecule has 2 aliphatic rings. The van der Waals surface area contributed by atoms with Crippen molar-refractivity contribution in [3.63, 3.8) is 0 Å². The van der Waals surface area contributed by atoms with E-state index in [-0.39, 0.29) is 46.7 Å². The van der Waals surface area contributed by atoms with Crippen molar-refractivity contribution in [3.05, 3.63) is 261 Å². The first-order valence-corrected chi connectivity index (χ1v) is 23.4. The molecule has 326 valence electrons. The molecule has 3 nitrogen and oxygen atoms in total. The molecule has 0 saturated heterocycles. The lowest BCUT2D eigenvalue weighted by molar-refractivity contribution is 0.669. The summed E-state index contributed by atoms with van der Waals surface area (Å²) < 4.78 is 87.7. The zero-order valence-electron chi connectivity index (χ0n) is 46.5. The molecule has 3 heterocycles. The first-order valence-electron chi connectivity index (χ1n) is 27.9. The Bertz CT molecular complexity index is 4410. The number of benzene rings is 11. The predicted molar refractivity (Wildman–Crippen MR) is 295 cm³/mol. The van der Waals surface area contributed by atoms with Crippen LogP contribution < -0.4 is 26.2 Å². The van der Waals surface area contributed by atoms with E-state index in [9.17, 15) is 5.48 Å². The topological polar surface area (TPSA) is 19.6 Å². The van der Waals surface area contributed by atoms with E-state index in [0.29, 0.717) is 22.2 Å². The van der Waals surface area contributed by atoms with Gasteiger partial charge in [-0.3, -0.25) is 0 Å². The van der Waals surface area contributed by atoms with Crippen molar-refractivity contribution in [2.45, 2.75) is 0 Å². The predicted octanol–water partition coefficient (Wildman–Crippen LogP) is 16.0. The highest BCUT2D eigenvalue weighted by Gasteiger charge is 2.46. The molecule has 4 heteroatoms. The van der Waals surface area contributed by atoms with Gasteiger partial charge in [-0.05, 0) is 85.6 Å². The average molecular weight is 900 g/mol. The minimum Gasteiger partial charge on any atom is -0.454 e. The van der Waals surface area contributed by atoms with Crippen LogP contribution in [0.5, 0.6) is 0 Å². The van der Waals surface area contributed by atoms with Crippen LogP contribution in [0.2, 0.25) is 0 Å². The third-order valence-corrected chi connectivity index (χ3v) is 13.9. The number of hydrogen-bond acceptors (Lipinski definition) is 3. The zero-order valence-corrected chi connectivity index (χ0v) is 37.5. The van der Waals surface area contributed by atoms with E-state index in [2.05, 4.69) is 101 Å². The Hall–Kier alpha value is -9.12. The highest BCUT2D eigenvalue weighted by Crippen LogP contribution is 2.53. The summed E-state index contributed by atoms with van der Waals surface area (Å²) in [6, 6.07) is 66.8. The van der Waals surface area contributed by atoms with Crippen molar-refractivity contribution in [3.8, 4) is 55.6 Å². The van der Waals surface area contributed by atoms with Crippen LogP contribution in [0.1, 0.15) is 12.3 Å². The fourth-order valence-corrected chi connectivity index (χ4v) is 10.9. The van der Waals surface area contributed by atoms with Crippen molar-refractivity contribution in [2.75, 3.05) is 9.80 Å². The Morgan fingerprint density at radius 3 is 1.57 bits per heavy atom. The summed E-state index contributed by atoms with van der Waals surface area (Å²) in [5.74, 6) is 0. The molecule has 0 aliphatic carbocycles. The number of rotatable bonds is 7. The van der Waals surface area contributed by atoms with Gasteiger partial charge in [0.05, 0.1) is 29.4 Å². The van der Waals surface area contributed by atoms with Gasteiger partial charge in [0.2, 0.25) is 0 Å². The smallest absolute Gasteiger partial charge is 0.252 e. The van der Waals surface area contributed by atoms with Crippen molar-refractivity contribution in [1.82, 2.24) is 0 Å². The molecule has 12 aromatic rings. The monoisotopic (exact) mass is 899 g/mol. The largest absolute Gasteiger partial charge is 0.454 e. The van der Waals surface area contributed by atoms with Crippen LogP contribution in [-0.4, -0.2) is 6.71 Å². The Kier molecular flexibility index (Phi) is 7.40. The van der Waals surface area contributed by atoms with Crippen molar-refractivity contribution in [2.24, 2.45) is 0 Å². The maximum absolute atomic E-state index is 9.28. The normalized spacial score (nSPS) is 14.3. The summed E-state index contributed by atoms with van der Waals surface area (Å²) in [5.41, 5.74) is 15.9. The van der Waals surface area contributed by atoms with Gasteiger partial charge in [-0.1, -0.05) is 230 Å². The van der Waals surface area contributed by atoms with Crippen LogP contribution in [0.4, 0.5) is 34.1 Å². The molecule has 0 saturated carbocycles. The molecule has 0 amide bonds. The second-order valence-electron chi connectivity index (χ2n) is 17.7.